The first-order chi connectivity index (χ1) is 6.33. The maximum Gasteiger partial charge on any atom is 0.0646 e. The highest BCUT2D eigenvalue weighted by atomic mass is 14.7. The molecule has 0 amide bonds. The molecule has 1 aliphatic heterocycles. The summed E-state index contributed by atoms with van der Waals surface area (Å²) >= 11 is 0. The zero-order valence-electron chi connectivity index (χ0n) is 7.83. The molecule has 1 heterocycles. The third-order valence-corrected chi connectivity index (χ3v) is 2.63. The topological polar surface area (TPSA) is 12.4 Å². The van der Waals surface area contributed by atoms with E-state index in [1.165, 1.54) is 10.8 Å². The highest BCUT2D eigenvalue weighted by Gasteiger charge is 2.10. The second-order valence-electron chi connectivity index (χ2n) is 3.38. The maximum absolute atomic E-state index is 4.50. The van der Waals surface area contributed by atoms with Crippen LogP contribution in [0, 0.1) is 5.92 Å². The van der Waals surface area contributed by atoms with E-state index in [-0.39, 0.29) is 0 Å². The monoisotopic (exact) mass is 171 g/mol. The fraction of sp³-hybridized carbons (Fsp3) is 0.250. The smallest absolute Gasteiger partial charge is 0.0646 e. The molecule has 0 fully saturated rings. The van der Waals surface area contributed by atoms with Gasteiger partial charge in [0.05, 0.1) is 5.36 Å². The SMILES string of the molecule is C=CC1CN=c2ccccc2=C1C. The summed E-state index contributed by atoms with van der Waals surface area (Å²) in [6, 6.07) is 8.29. The van der Waals surface area contributed by atoms with Gasteiger partial charge >= 0.3 is 0 Å². The van der Waals surface area contributed by atoms with Crippen LogP contribution in [0.2, 0.25) is 0 Å². The van der Waals surface area contributed by atoms with E-state index in [0.717, 1.165) is 11.9 Å². The number of nitrogens with zero attached hydrogens (tertiary/aromatic N) is 1. The lowest BCUT2D eigenvalue weighted by Crippen LogP contribution is -2.33. The molecular formula is C12H13N. The molecule has 1 aromatic carbocycles. The lowest BCUT2D eigenvalue weighted by molar-refractivity contribution is 0.788. The molecule has 0 spiro atoms. The normalized spacial score (nSPS) is 20.4. The van der Waals surface area contributed by atoms with Crippen LogP contribution in [0.1, 0.15) is 6.92 Å². The number of rotatable bonds is 1. The molecule has 2 rings (SSSR count). The second-order valence-corrected chi connectivity index (χ2v) is 3.38. The third-order valence-electron chi connectivity index (χ3n) is 2.63. The lowest BCUT2D eigenvalue weighted by atomic mass is 9.96. The summed E-state index contributed by atoms with van der Waals surface area (Å²) < 4.78 is 0. The number of hydrogen-bond acceptors (Lipinski definition) is 1. The number of para-hydroxylation sites is 1. The molecule has 66 valence electrons. The van der Waals surface area contributed by atoms with Gasteiger partial charge in [-0.15, -0.1) is 6.58 Å². The Kier molecular flexibility index (Phi) is 2.01. The van der Waals surface area contributed by atoms with Gasteiger partial charge in [0.15, 0.2) is 0 Å². The molecule has 1 unspecified atom stereocenters. The second kappa shape index (κ2) is 3.17. The van der Waals surface area contributed by atoms with Crippen LogP contribution >= 0.6 is 0 Å². The third kappa shape index (κ3) is 1.31. The van der Waals surface area contributed by atoms with E-state index in [1.54, 1.807) is 0 Å². The van der Waals surface area contributed by atoms with E-state index in [1.807, 2.05) is 12.1 Å². The first-order valence-corrected chi connectivity index (χ1v) is 4.56. The summed E-state index contributed by atoms with van der Waals surface area (Å²) in [5.41, 5.74) is 1.39. The highest BCUT2D eigenvalue weighted by Crippen LogP contribution is 2.12. The summed E-state index contributed by atoms with van der Waals surface area (Å²) in [6.07, 6.45) is 1.98. The van der Waals surface area contributed by atoms with Crippen LogP contribution in [0.15, 0.2) is 41.9 Å². The summed E-state index contributed by atoms with van der Waals surface area (Å²) in [5.74, 6) is 0.426. The lowest BCUT2D eigenvalue weighted by Gasteiger charge is -2.14. The van der Waals surface area contributed by atoms with Crippen molar-refractivity contribution in [2.75, 3.05) is 6.54 Å². The van der Waals surface area contributed by atoms with E-state index >= 15 is 0 Å². The Balaban J connectivity index is 2.75. The van der Waals surface area contributed by atoms with Crippen LogP contribution in [0.3, 0.4) is 0 Å². The van der Waals surface area contributed by atoms with Crippen molar-refractivity contribution in [3.05, 3.63) is 47.5 Å². The first-order valence-electron chi connectivity index (χ1n) is 4.56. The Labute approximate surface area is 78.1 Å². The molecule has 1 heteroatoms. The molecule has 0 N–H and O–H groups in total. The van der Waals surface area contributed by atoms with E-state index in [4.69, 9.17) is 0 Å². The molecule has 13 heavy (non-hydrogen) atoms. The van der Waals surface area contributed by atoms with Gasteiger partial charge in [-0.1, -0.05) is 29.8 Å². The average Bonchev–Trinajstić information content (AvgIpc) is 2.19. The first kappa shape index (κ1) is 8.24. The van der Waals surface area contributed by atoms with E-state index in [0.29, 0.717) is 5.92 Å². The zero-order valence-corrected chi connectivity index (χ0v) is 7.83. The maximum atomic E-state index is 4.50. The summed E-state index contributed by atoms with van der Waals surface area (Å²) in [7, 11) is 0. The van der Waals surface area contributed by atoms with Gasteiger partial charge in [0.2, 0.25) is 0 Å². The molecule has 1 nitrogen and oxygen atoms in total. The van der Waals surface area contributed by atoms with Crippen molar-refractivity contribution in [2.45, 2.75) is 6.92 Å². The van der Waals surface area contributed by atoms with Crippen molar-refractivity contribution >= 4 is 5.57 Å². The van der Waals surface area contributed by atoms with Crippen LogP contribution in [0.5, 0.6) is 0 Å². The van der Waals surface area contributed by atoms with Gasteiger partial charge < -0.3 is 0 Å². The molecule has 0 aliphatic carbocycles. The van der Waals surface area contributed by atoms with Crippen molar-refractivity contribution in [2.24, 2.45) is 10.9 Å². The van der Waals surface area contributed by atoms with Gasteiger partial charge in [-0.25, -0.2) is 0 Å². The average molecular weight is 171 g/mol. The van der Waals surface area contributed by atoms with Gasteiger partial charge in [-0.2, -0.15) is 0 Å². The zero-order chi connectivity index (χ0) is 9.26. The Hall–Kier alpha value is -1.37. The van der Waals surface area contributed by atoms with Gasteiger partial charge in [0.1, 0.15) is 0 Å². The molecule has 0 saturated carbocycles. The molecule has 1 aromatic rings. The fourth-order valence-corrected chi connectivity index (χ4v) is 1.73. The summed E-state index contributed by atoms with van der Waals surface area (Å²) in [4.78, 5) is 4.50. The Morgan fingerprint density at radius 1 is 1.46 bits per heavy atom. The minimum Gasteiger partial charge on any atom is -0.284 e. The van der Waals surface area contributed by atoms with Crippen molar-refractivity contribution in [1.29, 1.82) is 0 Å². The van der Waals surface area contributed by atoms with E-state index in [2.05, 4.69) is 36.7 Å². The van der Waals surface area contributed by atoms with Gasteiger partial charge in [0.25, 0.3) is 0 Å². The Morgan fingerprint density at radius 2 is 2.23 bits per heavy atom. The molecule has 0 saturated heterocycles. The fourth-order valence-electron chi connectivity index (χ4n) is 1.73. The predicted molar refractivity (Wildman–Crippen MR) is 54.9 cm³/mol. The minimum absolute atomic E-state index is 0.426. The molecule has 1 atom stereocenters. The Bertz CT molecular complexity index is 442. The van der Waals surface area contributed by atoms with Gasteiger partial charge in [-0.05, 0) is 18.2 Å². The van der Waals surface area contributed by atoms with Gasteiger partial charge in [0, 0.05) is 12.5 Å². The van der Waals surface area contributed by atoms with Crippen LogP contribution in [-0.4, -0.2) is 6.54 Å². The molecule has 0 radical (unpaired) electrons. The van der Waals surface area contributed by atoms with Crippen molar-refractivity contribution in [3.8, 4) is 0 Å². The predicted octanol–water partition coefficient (Wildman–Crippen LogP) is 1.29. The summed E-state index contributed by atoms with van der Waals surface area (Å²) in [6.45, 7) is 6.85. The number of hydrogen-bond donors (Lipinski definition) is 0. The standard InChI is InChI=1S/C12H13N/c1-3-10-8-13-12-7-5-4-6-11(12)9(10)2/h3-7,10H,1,8H2,2H3. The van der Waals surface area contributed by atoms with Crippen molar-refractivity contribution < 1.29 is 0 Å². The molecule has 1 aliphatic rings. The molecular weight excluding hydrogens is 158 g/mol. The van der Waals surface area contributed by atoms with Crippen molar-refractivity contribution in [1.82, 2.24) is 0 Å². The van der Waals surface area contributed by atoms with E-state index < -0.39 is 0 Å². The van der Waals surface area contributed by atoms with Crippen LogP contribution in [0.4, 0.5) is 0 Å². The van der Waals surface area contributed by atoms with Crippen LogP contribution in [-0.2, 0) is 0 Å². The van der Waals surface area contributed by atoms with Gasteiger partial charge in [-0.3, -0.25) is 4.99 Å². The van der Waals surface area contributed by atoms with E-state index in [9.17, 15) is 0 Å². The molecule has 0 bridgehead atoms. The summed E-state index contributed by atoms with van der Waals surface area (Å²) in [5, 5.41) is 2.40. The largest absolute Gasteiger partial charge is 0.284 e. The van der Waals surface area contributed by atoms with Crippen molar-refractivity contribution in [3.63, 3.8) is 0 Å². The Morgan fingerprint density at radius 3 is 3.00 bits per heavy atom. The number of benzene rings is 1. The molecule has 0 aromatic heterocycles. The minimum atomic E-state index is 0.426. The van der Waals surface area contributed by atoms with Crippen LogP contribution in [0.25, 0.3) is 5.57 Å². The quantitative estimate of drug-likeness (QED) is 0.565. The van der Waals surface area contributed by atoms with Crippen LogP contribution < -0.4 is 10.6 Å². The number of fused-ring (bicyclic) bond motifs is 1. The highest BCUT2D eigenvalue weighted by molar-refractivity contribution is 5.48.